The molecule has 1 aliphatic rings. The summed E-state index contributed by atoms with van der Waals surface area (Å²) in [5.41, 5.74) is -0.117. The van der Waals surface area contributed by atoms with E-state index in [0.29, 0.717) is 12.3 Å². The lowest BCUT2D eigenvalue weighted by Crippen LogP contribution is -2.47. The van der Waals surface area contributed by atoms with E-state index in [9.17, 15) is 8.42 Å². The Labute approximate surface area is 107 Å². The van der Waals surface area contributed by atoms with Gasteiger partial charge in [-0.05, 0) is 32.4 Å². The number of sulfonamides is 1. The van der Waals surface area contributed by atoms with E-state index in [1.165, 1.54) is 6.07 Å². The second-order valence-corrected chi connectivity index (χ2v) is 6.29. The molecule has 1 saturated heterocycles. The molecule has 0 radical (unpaired) electrons. The number of rotatable bonds is 4. The fraction of sp³-hybridized carbons (Fsp3) is 0.636. The summed E-state index contributed by atoms with van der Waals surface area (Å²) in [6, 6.07) is 2.97. The summed E-state index contributed by atoms with van der Waals surface area (Å²) in [5.74, 6) is 0.541. The van der Waals surface area contributed by atoms with Crippen LogP contribution in [0.3, 0.4) is 0 Å². The van der Waals surface area contributed by atoms with Gasteiger partial charge in [0.1, 0.15) is 5.76 Å². The fourth-order valence-electron chi connectivity index (χ4n) is 1.96. The first-order valence-electron chi connectivity index (χ1n) is 5.79. The van der Waals surface area contributed by atoms with Crippen molar-refractivity contribution < 1.29 is 17.6 Å². The second kappa shape index (κ2) is 4.65. The van der Waals surface area contributed by atoms with Crippen molar-refractivity contribution in [2.24, 2.45) is 5.14 Å². The van der Waals surface area contributed by atoms with Crippen LogP contribution in [0.4, 0.5) is 0 Å². The van der Waals surface area contributed by atoms with Gasteiger partial charge in [-0.15, -0.1) is 0 Å². The number of furan rings is 1. The average Bonchev–Trinajstić information content (AvgIpc) is 2.84. The van der Waals surface area contributed by atoms with Crippen LogP contribution in [-0.4, -0.2) is 26.7 Å². The van der Waals surface area contributed by atoms with E-state index in [0.717, 1.165) is 13.0 Å². The normalized spacial score (nSPS) is 28.7. The van der Waals surface area contributed by atoms with Crippen molar-refractivity contribution in [1.29, 1.82) is 0 Å². The van der Waals surface area contributed by atoms with Crippen LogP contribution < -0.4 is 10.5 Å². The van der Waals surface area contributed by atoms with Crippen LogP contribution in [0.15, 0.2) is 21.6 Å². The molecule has 1 aromatic rings. The molecule has 2 atom stereocenters. The maximum Gasteiger partial charge on any atom is 0.271 e. The van der Waals surface area contributed by atoms with Crippen molar-refractivity contribution in [2.75, 3.05) is 6.61 Å². The molecule has 6 nitrogen and oxygen atoms in total. The molecule has 2 heterocycles. The Morgan fingerprint density at radius 2 is 2.28 bits per heavy atom. The lowest BCUT2D eigenvalue weighted by atomic mass is 9.95. The van der Waals surface area contributed by atoms with E-state index in [2.05, 4.69) is 12.2 Å². The second-order valence-electron chi connectivity index (χ2n) is 4.80. The summed E-state index contributed by atoms with van der Waals surface area (Å²) in [6.07, 6.45) is 1.03. The van der Waals surface area contributed by atoms with E-state index in [-0.39, 0.29) is 16.7 Å². The van der Waals surface area contributed by atoms with Crippen molar-refractivity contribution in [3.63, 3.8) is 0 Å². The van der Waals surface area contributed by atoms with Crippen LogP contribution in [-0.2, 0) is 21.3 Å². The molecule has 0 aliphatic carbocycles. The predicted octanol–water partition coefficient (Wildman–Crippen LogP) is 0.584. The van der Waals surface area contributed by atoms with Crippen LogP contribution in [0.2, 0.25) is 0 Å². The zero-order valence-electron chi connectivity index (χ0n) is 10.5. The van der Waals surface area contributed by atoms with Gasteiger partial charge in [-0.2, -0.15) is 0 Å². The molecular formula is C11H18N2O4S. The van der Waals surface area contributed by atoms with Gasteiger partial charge in [-0.25, -0.2) is 13.6 Å². The van der Waals surface area contributed by atoms with Gasteiger partial charge in [0.15, 0.2) is 0 Å². The molecule has 1 aliphatic heterocycles. The first kappa shape index (κ1) is 13.5. The molecule has 2 unspecified atom stereocenters. The zero-order valence-corrected chi connectivity index (χ0v) is 11.3. The molecule has 0 saturated carbocycles. The number of nitrogens with one attached hydrogen (secondary N) is 1. The van der Waals surface area contributed by atoms with Gasteiger partial charge in [0, 0.05) is 12.1 Å². The number of nitrogens with two attached hydrogens (primary N) is 1. The lowest BCUT2D eigenvalue weighted by Gasteiger charge is -2.28. The van der Waals surface area contributed by atoms with Gasteiger partial charge >= 0.3 is 0 Å². The molecule has 1 aromatic heterocycles. The predicted molar refractivity (Wildman–Crippen MR) is 65.4 cm³/mol. The summed E-state index contributed by atoms with van der Waals surface area (Å²) >= 11 is 0. The fourth-order valence-corrected chi connectivity index (χ4v) is 2.44. The molecule has 1 fully saturated rings. The van der Waals surface area contributed by atoms with E-state index in [4.69, 9.17) is 14.3 Å². The first-order chi connectivity index (χ1) is 8.31. The number of ether oxygens (including phenoxy) is 1. The highest BCUT2D eigenvalue weighted by molar-refractivity contribution is 7.89. The molecule has 0 amide bonds. The molecule has 102 valence electrons. The molecule has 0 aromatic carbocycles. The smallest absolute Gasteiger partial charge is 0.271 e. The third-order valence-electron chi connectivity index (χ3n) is 3.47. The van der Waals surface area contributed by atoms with Crippen LogP contribution in [0, 0.1) is 0 Å². The van der Waals surface area contributed by atoms with Gasteiger partial charge in [0.05, 0.1) is 12.6 Å². The van der Waals surface area contributed by atoms with Crippen molar-refractivity contribution in [3.05, 3.63) is 17.9 Å². The Morgan fingerprint density at radius 3 is 2.78 bits per heavy atom. The third-order valence-corrected chi connectivity index (χ3v) is 4.25. The van der Waals surface area contributed by atoms with Gasteiger partial charge in [0.25, 0.3) is 10.0 Å². The molecule has 2 rings (SSSR count). The maximum atomic E-state index is 11.1. The first-order valence-corrected chi connectivity index (χ1v) is 7.34. The van der Waals surface area contributed by atoms with E-state index < -0.39 is 10.0 Å². The van der Waals surface area contributed by atoms with Crippen LogP contribution >= 0.6 is 0 Å². The molecule has 18 heavy (non-hydrogen) atoms. The van der Waals surface area contributed by atoms with E-state index >= 15 is 0 Å². The number of hydrogen-bond acceptors (Lipinski definition) is 5. The topological polar surface area (TPSA) is 94.6 Å². The summed E-state index contributed by atoms with van der Waals surface area (Å²) in [5, 5.41) is 8.10. The summed E-state index contributed by atoms with van der Waals surface area (Å²) < 4.78 is 32.8. The Morgan fingerprint density at radius 1 is 1.56 bits per heavy atom. The van der Waals surface area contributed by atoms with E-state index in [1.54, 1.807) is 6.07 Å². The monoisotopic (exact) mass is 274 g/mol. The zero-order chi connectivity index (χ0) is 13.4. The van der Waals surface area contributed by atoms with Crippen molar-refractivity contribution >= 4 is 10.0 Å². The van der Waals surface area contributed by atoms with Crippen molar-refractivity contribution in [2.45, 2.75) is 43.5 Å². The van der Waals surface area contributed by atoms with Crippen LogP contribution in [0.25, 0.3) is 0 Å². The minimum Gasteiger partial charge on any atom is -0.447 e. The van der Waals surface area contributed by atoms with Gasteiger partial charge in [-0.1, -0.05) is 0 Å². The Hall–Kier alpha value is -0.890. The summed E-state index contributed by atoms with van der Waals surface area (Å²) in [4.78, 5) is 0. The Kier molecular flexibility index (Phi) is 3.50. The largest absolute Gasteiger partial charge is 0.447 e. The van der Waals surface area contributed by atoms with Gasteiger partial charge < -0.3 is 14.5 Å². The molecular weight excluding hydrogens is 256 g/mol. The SMILES string of the molecule is CC1OCCC1(C)NCc1ccc(S(N)(=O)=O)o1. The molecule has 0 spiro atoms. The number of primary sulfonamides is 1. The maximum absolute atomic E-state index is 11.1. The Bertz CT molecular complexity index is 525. The molecule has 3 N–H and O–H groups in total. The Balaban J connectivity index is 2.01. The van der Waals surface area contributed by atoms with Crippen molar-refractivity contribution in [3.8, 4) is 0 Å². The standard InChI is InChI=1S/C11H18N2O4S/c1-8-11(2,5-6-16-8)13-7-9-3-4-10(17-9)18(12,14)15/h3-4,8,13H,5-7H2,1-2H3,(H2,12,14,15). The average molecular weight is 274 g/mol. The highest BCUT2D eigenvalue weighted by Gasteiger charge is 2.36. The lowest BCUT2D eigenvalue weighted by molar-refractivity contribution is 0.0873. The van der Waals surface area contributed by atoms with Crippen LogP contribution in [0.5, 0.6) is 0 Å². The van der Waals surface area contributed by atoms with Gasteiger partial charge in [-0.3, -0.25) is 0 Å². The highest BCUT2D eigenvalue weighted by atomic mass is 32.2. The quantitative estimate of drug-likeness (QED) is 0.837. The van der Waals surface area contributed by atoms with Crippen molar-refractivity contribution in [1.82, 2.24) is 5.32 Å². The van der Waals surface area contributed by atoms with Crippen LogP contribution in [0.1, 0.15) is 26.0 Å². The minimum absolute atomic E-state index is 0.116. The minimum atomic E-state index is -3.76. The molecule has 0 bridgehead atoms. The van der Waals surface area contributed by atoms with Gasteiger partial charge in [0.2, 0.25) is 5.09 Å². The number of hydrogen-bond donors (Lipinski definition) is 2. The molecule has 7 heteroatoms. The summed E-state index contributed by atoms with van der Waals surface area (Å²) in [6.45, 7) is 5.26. The third kappa shape index (κ3) is 2.74. The highest BCUT2D eigenvalue weighted by Crippen LogP contribution is 2.25. The van der Waals surface area contributed by atoms with E-state index in [1.807, 2.05) is 6.92 Å². The summed E-state index contributed by atoms with van der Waals surface area (Å²) in [7, 11) is -3.76.